The van der Waals surface area contributed by atoms with Gasteiger partial charge < -0.3 is 10.6 Å². The number of hydrogen-bond donors (Lipinski definition) is 2. The normalized spacial score (nSPS) is 21.2. The Morgan fingerprint density at radius 1 is 1.25 bits per heavy atom. The highest BCUT2D eigenvalue weighted by Crippen LogP contribution is 2.38. The molecule has 1 aliphatic rings. The van der Waals surface area contributed by atoms with Gasteiger partial charge in [-0.1, -0.05) is 0 Å². The van der Waals surface area contributed by atoms with Crippen molar-refractivity contribution in [1.82, 2.24) is 5.32 Å². The molecule has 0 aromatic heterocycles. The SMILES string of the molecule is CNC(=O)[C@H]1CC[C@H](Nc2ccc([N+](=O)[O-])c(C(F)(F)F)c2)CC1. The molecule has 132 valence electrons. The smallest absolute Gasteiger partial charge is 0.382 e. The number of carbonyl (C=O) groups is 1. The molecule has 0 bridgehead atoms. The van der Waals surface area contributed by atoms with E-state index in [0.29, 0.717) is 25.7 Å². The Morgan fingerprint density at radius 2 is 1.88 bits per heavy atom. The summed E-state index contributed by atoms with van der Waals surface area (Å²) < 4.78 is 38.9. The number of nitro groups is 1. The van der Waals surface area contributed by atoms with E-state index in [4.69, 9.17) is 0 Å². The number of amides is 1. The van der Waals surface area contributed by atoms with Gasteiger partial charge in [-0.05, 0) is 37.8 Å². The average Bonchev–Trinajstić information content (AvgIpc) is 2.53. The Balaban J connectivity index is 2.09. The zero-order valence-corrected chi connectivity index (χ0v) is 13.0. The first-order chi connectivity index (χ1) is 11.2. The number of nitrogens with zero attached hydrogens (tertiary/aromatic N) is 1. The highest BCUT2D eigenvalue weighted by Gasteiger charge is 2.38. The number of benzene rings is 1. The van der Waals surface area contributed by atoms with Crippen LogP contribution in [0.2, 0.25) is 0 Å². The highest BCUT2D eigenvalue weighted by atomic mass is 19.4. The summed E-state index contributed by atoms with van der Waals surface area (Å²) in [5, 5.41) is 16.3. The number of carbonyl (C=O) groups excluding carboxylic acids is 1. The molecule has 1 saturated carbocycles. The summed E-state index contributed by atoms with van der Waals surface area (Å²) in [5.41, 5.74) is -2.04. The van der Waals surface area contributed by atoms with Crippen molar-refractivity contribution in [3.63, 3.8) is 0 Å². The molecular formula is C15H18F3N3O3. The van der Waals surface area contributed by atoms with Crippen LogP contribution < -0.4 is 10.6 Å². The van der Waals surface area contributed by atoms with Gasteiger partial charge in [-0.2, -0.15) is 13.2 Å². The van der Waals surface area contributed by atoms with Crippen molar-refractivity contribution in [2.75, 3.05) is 12.4 Å². The summed E-state index contributed by atoms with van der Waals surface area (Å²) in [7, 11) is 1.57. The molecule has 6 nitrogen and oxygen atoms in total. The molecule has 1 fully saturated rings. The third-order valence-electron chi connectivity index (χ3n) is 4.21. The van der Waals surface area contributed by atoms with Gasteiger partial charge in [0.1, 0.15) is 5.56 Å². The molecule has 0 heterocycles. The zero-order chi connectivity index (χ0) is 17.9. The lowest BCUT2D eigenvalue weighted by molar-refractivity contribution is -0.388. The summed E-state index contributed by atoms with van der Waals surface area (Å²) in [6.45, 7) is 0. The number of alkyl halides is 3. The maximum absolute atomic E-state index is 13.0. The molecule has 1 aliphatic carbocycles. The van der Waals surface area contributed by atoms with Gasteiger partial charge in [0, 0.05) is 30.8 Å². The Bertz CT molecular complexity index is 626. The van der Waals surface area contributed by atoms with Gasteiger partial charge in [0.25, 0.3) is 5.69 Å². The number of anilines is 1. The number of hydrogen-bond acceptors (Lipinski definition) is 4. The lowest BCUT2D eigenvalue weighted by Gasteiger charge is -2.29. The van der Waals surface area contributed by atoms with E-state index in [1.165, 1.54) is 6.07 Å². The Morgan fingerprint density at radius 3 is 2.38 bits per heavy atom. The van der Waals surface area contributed by atoms with Crippen molar-refractivity contribution in [2.24, 2.45) is 5.92 Å². The van der Waals surface area contributed by atoms with Gasteiger partial charge in [-0.3, -0.25) is 14.9 Å². The largest absolute Gasteiger partial charge is 0.423 e. The van der Waals surface area contributed by atoms with Crippen LogP contribution in [0.25, 0.3) is 0 Å². The van der Waals surface area contributed by atoms with Crippen LogP contribution in [-0.4, -0.2) is 23.9 Å². The predicted molar refractivity (Wildman–Crippen MR) is 81.5 cm³/mol. The van der Waals surface area contributed by atoms with E-state index in [1.807, 2.05) is 0 Å². The maximum Gasteiger partial charge on any atom is 0.423 e. The lowest BCUT2D eigenvalue weighted by Crippen LogP contribution is -2.34. The van der Waals surface area contributed by atoms with E-state index >= 15 is 0 Å². The number of rotatable bonds is 4. The molecule has 9 heteroatoms. The second-order valence-electron chi connectivity index (χ2n) is 5.79. The van der Waals surface area contributed by atoms with E-state index in [9.17, 15) is 28.1 Å². The van der Waals surface area contributed by atoms with Gasteiger partial charge in [-0.15, -0.1) is 0 Å². The first-order valence-electron chi connectivity index (χ1n) is 7.56. The third kappa shape index (κ3) is 4.15. The van der Waals surface area contributed by atoms with Gasteiger partial charge in [0.15, 0.2) is 0 Å². The molecule has 0 atom stereocenters. The molecule has 0 spiro atoms. The summed E-state index contributed by atoms with van der Waals surface area (Å²) in [5.74, 6) is -0.0983. The summed E-state index contributed by atoms with van der Waals surface area (Å²) in [6.07, 6.45) is -2.20. The molecular weight excluding hydrogens is 327 g/mol. The van der Waals surface area contributed by atoms with Gasteiger partial charge in [0.2, 0.25) is 5.91 Å². The van der Waals surface area contributed by atoms with Crippen LogP contribution in [0.3, 0.4) is 0 Å². The standard InChI is InChI=1S/C15H18F3N3O3/c1-19-14(22)9-2-4-10(5-3-9)20-11-6-7-13(21(23)24)12(8-11)15(16,17)18/h6-10,20H,2-5H2,1H3,(H,19,22)/t9-,10-. The fraction of sp³-hybridized carbons (Fsp3) is 0.533. The molecule has 0 aliphatic heterocycles. The molecule has 0 unspecified atom stereocenters. The van der Waals surface area contributed by atoms with Crippen LogP contribution in [0.15, 0.2) is 18.2 Å². The van der Waals surface area contributed by atoms with Gasteiger partial charge in [0.05, 0.1) is 4.92 Å². The van der Waals surface area contributed by atoms with E-state index in [1.54, 1.807) is 7.05 Å². The topological polar surface area (TPSA) is 84.3 Å². The van der Waals surface area contributed by atoms with E-state index < -0.39 is 22.4 Å². The van der Waals surface area contributed by atoms with Crippen LogP contribution in [0.1, 0.15) is 31.2 Å². The van der Waals surface area contributed by atoms with Gasteiger partial charge in [-0.25, -0.2) is 0 Å². The molecule has 0 radical (unpaired) electrons. The quantitative estimate of drug-likeness (QED) is 0.647. The molecule has 1 aromatic rings. The minimum absolute atomic E-state index is 0.0249. The Labute approximate surface area is 136 Å². The zero-order valence-electron chi connectivity index (χ0n) is 13.0. The van der Waals surface area contributed by atoms with Crippen molar-refractivity contribution in [3.8, 4) is 0 Å². The van der Waals surface area contributed by atoms with Crippen molar-refractivity contribution >= 4 is 17.3 Å². The van der Waals surface area contributed by atoms with Crippen LogP contribution in [0, 0.1) is 16.0 Å². The van der Waals surface area contributed by atoms with Crippen LogP contribution in [0.4, 0.5) is 24.5 Å². The first kappa shape index (κ1) is 18.0. The molecule has 1 amide bonds. The average molecular weight is 345 g/mol. The van der Waals surface area contributed by atoms with Crippen molar-refractivity contribution in [3.05, 3.63) is 33.9 Å². The third-order valence-corrected chi connectivity index (χ3v) is 4.21. The first-order valence-corrected chi connectivity index (χ1v) is 7.56. The van der Waals surface area contributed by atoms with Crippen LogP contribution in [0.5, 0.6) is 0 Å². The minimum atomic E-state index is -4.79. The van der Waals surface area contributed by atoms with E-state index in [0.717, 1.165) is 12.1 Å². The Hall–Kier alpha value is -2.32. The highest BCUT2D eigenvalue weighted by molar-refractivity contribution is 5.78. The number of halogens is 3. The van der Waals surface area contributed by atoms with Crippen LogP contribution in [-0.2, 0) is 11.0 Å². The lowest BCUT2D eigenvalue weighted by atomic mass is 9.85. The minimum Gasteiger partial charge on any atom is -0.382 e. The second kappa shape index (κ2) is 7.06. The summed E-state index contributed by atoms with van der Waals surface area (Å²) >= 11 is 0. The Kier molecular flexibility index (Phi) is 5.30. The monoisotopic (exact) mass is 345 g/mol. The summed E-state index contributed by atoms with van der Waals surface area (Å²) in [4.78, 5) is 21.3. The molecule has 24 heavy (non-hydrogen) atoms. The van der Waals surface area contributed by atoms with Crippen LogP contribution >= 0.6 is 0 Å². The van der Waals surface area contributed by atoms with Crippen molar-refractivity contribution in [1.29, 1.82) is 0 Å². The molecule has 0 saturated heterocycles. The van der Waals surface area contributed by atoms with E-state index in [-0.39, 0.29) is 23.6 Å². The second-order valence-corrected chi connectivity index (χ2v) is 5.79. The molecule has 1 aromatic carbocycles. The number of nitro benzene ring substituents is 1. The predicted octanol–water partition coefficient (Wildman–Crippen LogP) is 3.33. The molecule has 2 N–H and O–H groups in total. The van der Waals surface area contributed by atoms with Gasteiger partial charge >= 0.3 is 6.18 Å². The maximum atomic E-state index is 13.0. The van der Waals surface area contributed by atoms with E-state index in [2.05, 4.69) is 10.6 Å². The fourth-order valence-corrected chi connectivity index (χ4v) is 2.95. The molecule has 2 rings (SSSR count). The van der Waals surface area contributed by atoms with Crippen molar-refractivity contribution in [2.45, 2.75) is 37.9 Å². The number of nitrogens with one attached hydrogen (secondary N) is 2. The summed E-state index contributed by atoms with van der Waals surface area (Å²) in [6, 6.07) is 2.84. The fourth-order valence-electron chi connectivity index (χ4n) is 2.95. The van der Waals surface area contributed by atoms with Crippen molar-refractivity contribution < 1.29 is 22.9 Å².